The minimum atomic E-state index is -0.814. The molecule has 3 aromatic rings. The molecule has 2 aliphatic heterocycles. The molecule has 150 valence electrons. The highest BCUT2D eigenvalue weighted by molar-refractivity contribution is 6.07. The monoisotopic (exact) mass is 398 g/mol. The van der Waals surface area contributed by atoms with E-state index in [4.69, 9.17) is 4.84 Å². The molecule has 3 atom stereocenters. The second-order valence-electron chi connectivity index (χ2n) is 7.76. The molecule has 2 saturated heterocycles. The first-order valence-corrected chi connectivity index (χ1v) is 10.1. The third kappa shape index (κ3) is 2.99. The van der Waals surface area contributed by atoms with Crippen molar-refractivity contribution in [2.45, 2.75) is 25.6 Å². The molecule has 5 heteroatoms. The summed E-state index contributed by atoms with van der Waals surface area (Å²) in [6.45, 7) is 2.29. The number of carbonyl (C=O) groups excluding carboxylic acids is 2. The Hall–Kier alpha value is -3.44. The van der Waals surface area contributed by atoms with E-state index in [0.717, 1.165) is 22.4 Å². The number of hydroxylamine groups is 1. The summed E-state index contributed by atoms with van der Waals surface area (Å²) in [5, 5.41) is 1.74. The number of anilines is 1. The lowest BCUT2D eigenvalue weighted by atomic mass is 9.88. The summed E-state index contributed by atoms with van der Waals surface area (Å²) in [4.78, 5) is 34.2. The van der Waals surface area contributed by atoms with Gasteiger partial charge in [0.05, 0.1) is 18.3 Å². The zero-order chi connectivity index (χ0) is 20.7. The van der Waals surface area contributed by atoms with Gasteiger partial charge in [-0.15, -0.1) is 0 Å². The first-order valence-electron chi connectivity index (χ1n) is 10.1. The number of hydrogen-bond acceptors (Lipinski definition) is 4. The Bertz CT molecular complexity index is 1080. The molecule has 0 bridgehead atoms. The van der Waals surface area contributed by atoms with Crippen LogP contribution in [0, 0.1) is 12.8 Å². The maximum Gasteiger partial charge on any atom is 0.262 e. The van der Waals surface area contributed by atoms with Gasteiger partial charge in [0.25, 0.3) is 5.91 Å². The fourth-order valence-corrected chi connectivity index (χ4v) is 4.43. The van der Waals surface area contributed by atoms with Crippen molar-refractivity contribution in [2.24, 2.45) is 5.92 Å². The highest BCUT2D eigenvalue weighted by Gasteiger charge is 2.59. The largest absolute Gasteiger partial charge is 0.275 e. The number of nitrogens with zero attached hydrogens (tertiary/aromatic N) is 2. The summed E-state index contributed by atoms with van der Waals surface area (Å²) in [7, 11) is 0. The third-order valence-electron chi connectivity index (χ3n) is 5.91. The van der Waals surface area contributed by atoms with Crippen LogP contribution in [0.2, 0.25) is 0 Å². The van der Waals surface area contributed by atoms with Crippen molar-refractivity contribution >= 4 is 17.5 Å². The minimum absolute atomic E-state index is 0.180. The Kier molecular flexibility index (Phi) is 4.60. The lowest BCUT2D eigenvalue weighted by Gasteiger charge is -2.29. The number of likely N-dealkylation sites (tertiary alicyclic amines) is 1. The molecule has 5 nitrogen and oxygen atoms in total. The summed E-state index contributed by atoms with van der Waals surface area (Å²) in [5.74, 6) is -1.03. The predicted octanol–water partition coefficient (Wildman–Crippen LogP) is 4.04. The van der Waals surface area contributed by atoms with E-state index in [2.05, 4.69) is 0 Å². The van der Waals surface area contributed by atoms with Gasteiger partial charge >= 0.3 is 0 Å². The summed E-state index contributed by atoms with van der Waals surface area (Å²) < 4.78 is 0. The SMILES string of the molecule is Cc1ccccc1[C@H]1[C@H]2C(=O)N(Cc3ccccc3)C(=O)[C@H]2ON1c1ccccc1. The molecule has 0 aromatic heterocycles. The number of fused-ring (bicyclic) bond motifs is 1. The molecule has 0 spiro atoms. The zero-order valence-corrected chi connectivity index (χ0v) is 16.6. The predicted molar refractivity (Wildman–Crippen MR) is 113 cm³/mol. The van der Waals surface area contributed by atoms with E-state index in [1.54, 1.807) is 5.06 Å². The van der Waals surface area contributed by atoms with E-state index >= 15 is 0 Å². The van der Waals surface area contributed by atoms with E-state index in [9.17, 15) is 9.59 Å². The molecule has 30 heavy (non-hydrogen) atoms. The number of carbonyl (C=O) groups is 2. The molecule has 0 radical (unpaired) electrons. The van der Waals surface area contributed by atoms with Crippen LogP contribution < -0.4 is 5.06 Å². The lowest BCUT2D eigenvalue weighted by molar-refractivity contribution is -0.143. The molecule has 0 aliphatic carbocycles. The molecule has 3 aromatic carbocycles. The smallest absolute Gasteiger partial charge is 0.262 e. The molecule has 2 fully saturated rings. The Morgan fingerprint density at radius 1 is 0.800 bits per heavy atom. The van der Waals surface area contributed by atoms with Crippen LogP contribution in [0.5, 0.6) is 0 Å². The van der Waals surface area contributed by atoms with Gasteiger partial charge in [-0.1, -0.05) is 72.8 Å². The van der Waals surface area contributed by atoms with Gasteiger partial charge in [0.1, 0.15) is 5.92 Å². The van der Waals surface area contributed by atoms with Gasteiger partial charge in [-0.2, -0.15) is 0 Å². The molecular weight excluding hydrogens is 376 g/mol. The van der Waals surface area contributed by atoms with E-state index in [1.807, 2.05) is 91.9 Å². The highest BCUT2D eigenvalue weighted by atomic mass is 16.7. The maximum absolute atomic E-state index is 13.5. The van der Waals surface area contributed by atoms with Crippen molar-refractivity contribution in [3.63, 3.8) is 0 Å². The molecule has 0 N–H and O–H groups in total. The molecule has 2 heterocycles. The average Bonchev–Trinajstić information content (AvgIpc) is 3.27. The van der Waals surface area contributed by atoms with Crippen LogP contribution in [0.3, 0.4) is 0 Å². The summed E-state index contributed by atoms with van der Waals surface area (Å²) in [6, 6.07) is 26.8. The number of benzene rings is 3. The van der Waals surface area contributed by atoms with Crippen molar-refractivity contribution < 1.29 is 14.4 Å². The van der Waals surface area contributed by atoms with Crippen molar-refractivity contribution in [1.29, 1.82) is 0 Å². The van der Waals surface area contributed by atoms with Gasteiger partial charge in [-0.3, -0.25) is 19.3 Å². The summed E-state index contributed by atoms with van der Waals surface area (Å²) in [5.41, 5.74) is 3.81. The maximum atomic E-state index is 13.5. The third-order valence-corrected chi connectivity index (χ3v) is 5.91. The molecule has 0 unspecified atom stereocenters. The van der Waals surface area contributed by atoms with Gasteiger partial charge < -0.3 is 0 Å². The number of rotatable bonds is 4. The number of aryl methyl sites for hydroxylation is 1. The van der Waals surface area contributed by atoms with Crippen molar-refractivity contribution in [1.82, 2.24) is 4.90 Å². The molecule has 0 saturated carbocycles. The zero-order valence-electron chi connectivity index (χ0n) is 16.6. The quantitative estimate of drug-likeness (QED) is 0.623. The lowest BCUT2D eigenvalue weighted by Crippen LogP contribution is -2.37. The topological polar surface area (TPSA) is 49.9 Å². The average molecular weight is 398 g/mol. The standard InChI is InChI=1S/C25H22N2O3/c1-17-10-8-9-15-20(17)22-21-23(30-27(22)19-13-6-3-7-14-19)25(29)26(24(21)28)16-18-11-4-2-5-12-18/h2-15,21-23H,16H2,1H3/t21-,22+,23+/m1/s1. The van der Waals surface area contributed by atoms with Gasteiger partial charge in [0.15, 0.2) is 6.10 Å². The van der Waals surface area contributed by atoms with Crippen molar-refractivity contribution in [2.75, 3.05) is 5.06 Å². The Balaban J connectivity index is 1.54. The second-order valence-corrected chi connectivity index (χ2v) is 7.76. The van der Waals surface area contributed by atoms with E-state index in [1.165, 1.54) is 4.90 Å². The fraction of sp³-hybridized carbons (Fsp3) is 0.200. The number of hydrogen-bond donors (Lipinski definition) is 0. The van der Waals surface area contributed by atoms with Gasteiger partial charge in [0, 0.05) is 0 Å². The number of para-hydroxylation sites is 1. The highest BCUT2D eigenvalue weighted by Crippen LogP contribution is 2.47. The molecule has 5 rings (SSSR count). The van der Waals surface area contributed by atoms with Crippen LogP contribution in [0.25, 0.3) is 0 Å². The number of imide groups is 1. The van der Waals surface area contributed by atoms with Gasteiger partial charge in [0.2, 0.25) is 5.91 Å². The van der Waals surface area contributed by atoms with E-state index < -0.39 is 12.0 Å². The van der Waals surface area contributed by atoms with Crippen LogP contribution in [-0.4, -0.2) is 22.8 Å². The Morgan fingerprint density at radius 3 is 2.13 bits per heavy atom. The van der Waals surface area contributed by atoms with Gasteiger partial charge in [-0.05, 0) is 35.7 Å². The van der Waals surface area contributed by atoms with Crippen molar-refractivity contribution in [3.8, 4) is 0 Å². The van der Waals surface area contributed by atoms with Crippen molar-refractivity contribution in [3.05, 3.63) is 102 Å². The normalized spacial score (nSPS) is 23.2. The van der Waals surface area contributed by atoms with E-state index in [0.29, 0.717) is 0 Å². The van der Waals surface area contributed by atoms with Crippen LogP contribution in [-0.2, 0) is 21.0 Å². The van der Waals surface area contributed by atoms with Gasteiger partial charge in [-0.25, -0.2) is 5.06 Å². The Labute approximate surface area is 175 Å². The van der Waals surface area contributed by atoms with E-state index in [-0.39, 0.29) is 24.4 Å². The van der Waals surface area contributed by atoms with Crippen LogP contribution >= 0.6 is 0 Å². The van der Waals surface area contributed by atoms with Crippen LogP contribution in [0.4, 0.5) is 5.69 Å². The number of amides is 2. The molecule has 2 amide bonds. The summed E-state index contributed by atoms with van der Waals surface area (Å²) in [6.07, 6.45) is -0.814. The first-order chi connectivity index (χ1) is 14.6. The molecular formula is C25H22N2O3. The molecule has 2 aliphatic rings. The van der Waals surface area contributed by atoms with Crippen LogP contribution in [0.1, 0.15) is 22.7 Å². The second kappa shape index (κ2) is 7.43. The fourth-order valence-electron chi connectivity index (χ4n) is 4.43. The minimum Gasteiger partial charge on any atom is -0.275 e. The van der Waals surface area contributed by atoms with Crippen LogP contribution in [0.15, 0.2) is 84.9 Å². The first kappa shape index (κ1) is 18.6. The Morgan fingerprint density at radius 2 is 1.43 bits per heavy atom. The summed E-state index contributed by atoms with van der Waals surface area (Å²) >= 11 is 0.